The van der Waals surface area contributed by atoms with Gasteiger partial charge in [0.2, 0.25) is 5.91 Å². The number of rotatable bonds is 4. The van der Waals surface area contributed by atoms with Gasteiger partial charge >= 0.3 is 0 Å². The first kappa shape index (κ1) is 16.3. The van der Waals surface area contributed by atoms with Crippen molar-refractivity contribution in [2.45, 2.75) is 26.4 Å². The first-order valence-corrected chi connectivity index (χ1v) is 5.19. The van der Waals surface area contributed by atoms with Gasteiger partial charge in [-0.05, 0) is 19.4 Å². The van der Waals surface area contributed by atoms with Gasteiger partial charge in [0.05, 0.1) is 11.0 Å². The van der Waals surface area contributed by atoms with E-state index in [0.29, 0.717) is 11.1 Å². The molecule has 0 heterocycles. The first-order chi connectivity index (χ1) is 7.93. The number of halogens is 1. The molecule has 7 heteroatoms. The van der Waals surface area contributed by atoms with E-state index in [-0.39, 0.29) is 30.5 Å². The number of hydrogen-bond donors (Lipinski definition) is 2. The smallest absolute Gasteiger partial charge is 0.272 e. The van der Waals surface area contributed by atoms with Gasteiger partial charge in [0, 0.05) is 18.2 Å². The molecule has 1 rings (SSSR count). The second-order valence-corrected chi connectivity index (χ2v) is 3.82. The Labute approximate surface area is 111 Å². The molecule has 0 aliphatic carbocycles. The Hall–Kier alpha value is -1.66. The van der Waals surface area contributed by atoms with Gasteiger partial charge in [0.25, 0.3) is 5.69 Å². The van der Waals surface area contributed by atoms with E-state index in [4.69, 9.17) is 5.73 Å². The van der Waals surface area contributed by atoms with Crippen molar-refractivity contribution in [2.24, 2.45) is 5.73 Å². The standard InChI is InChI=1S/C11H15N3O3.ClH/c1-7-9(6-13-11(15)8(2)12)4-3-5-10(7)14(16)17;/h3-5,8H,6,12H2,1-2H3,(H,13,15);1H/t8-;/m0./s1. The van der Waals surface area contributed by atoms with Crippen LogP contribution in [0, 0.1) is 17.0 Å². The zero-order valence-corrected chi connectivity index (χ0v) is 11.0. The molecule has 1 aromatic carbocycles. The quantitative estimate of drug-likeness (QED) is 0.638. The SMILES string of the molecule is Cc1c(CNC(=O)[C@H](C)N)cccc1[N+](=O)[O-].Cl. The third-order valence-corrected chi connectivity index (χ3v) is 2.48. The topological polar surface area (TPSA) is 98.3 Å². The Morgan fingerprint density at radius 2 is 2.17 bits per heavy atom. The molecule has 1 atom stereocenters. The Morgan fingerprint density at radius 3 is 2.67 bits per heavy atom. The highest BCUT2D eigenvalue weighted by Gasteiger charge is 2.14. The Kier molecular flexibility index (Phi) is 6.29. The molecular formula is C11H16ClN3O3. The van der Waals surface area contributed by atoms with Crippen LogP contribution in [0.4, 0.5) is 5.69 Å². The molecule has 6 nitrogen and oxygen atoms in total. The third kappa shape index (κ3) is 3.97. The highest BCUT2D eigenvalue weighted by atomic mass is 35.5. The number of carbonyl (C=O) groups excluding carboxylic acids is 1. The van der Waals surface area contributed by atoms with Crippen LogP contribution in [0.5, 0.6) is 0 Å². The number of hydrogen-bond acceptors (Lipinski definition) is 4. The molecule has 1 aromatic rings. The average molecular weight is 274 g/mol. The number of nitrogens with zero attached hydrogens (tertiary/aromatic N) is 1. The molecule has 0 unspecified atom stereocenters. The minimum atomic E-state index is -0.589. The van der Waals surface area contributed by atoms with E-state index >= 15 is 0 Å². The summed E-state index contributed by atoms with van der Waals surface area (Å²) in [6.45, 7) is 3.48. The van der Waals surface area contributed by atoms with Crippen LogP contribution in [0.1, 0.15) is 18.1 Å². The largest absolute Gasteiger partial charge is 0.351 e. The van der Waals surface area contributed by atoms with Gasteiger partial charge in [-0.2, -0.15) is 0 Å². The van der Waals surface area contributed by atoms with Crippen LogP contribution >= 0.6 is 12.4 Å². The molecule has 0 fully saturated rings. The van der Waals surface area contributed by atoms with Crippen molar-refractivity contribution in [3.8, 4) is 0 Å². The molecule has 0 bridgehead atoms. The fourth-order valence-electron chi connectivity index (χ4n) is 1.40. The van der Waals surface area contributed by atoms with Gasteiger partial charge in [0.15, 0.2) is 0 Å². The lowest BCUT2D eigenvalue weighted by Gasteiger charge is -2.09. The minimum absolute atomic E-state index is 0. The fraction of sp³-hybridized carbons (Fsp3) is 0.364. The van der Waals surface area contributed by atoms with Gasteiger partial charge in [-0.15, -0.1) is 12.4 Å². The second kappa shape index (κ2) is 6.93. The van der Waals surface area contributed by atoms with Crippen LogP contribution in [0.15, 0.2) is 18.2 Å². The maximum absolute atomic E-state index is 11.3. The maximum Gasteiger partial charge on any atom is 0.272 e. The molecule has 100 valence electrons. The summed E-state index contributed by atoms with van der Waals surface area (Å²) in [5.74, 6) is -0.282. The van der Waals surface area contributed by atoms with Crippen molar-refractivity contribution in [3.63, 3.8) is 0 Å². The van der Waals surface area contributed by atoms with E-state index < -0.39 is 11.0 Å². The highest BCUT2D eigenvalue weighted by molar-refractivity contribution is 5.85. The number of benzene rings is 1. The summed E-state index contributed by atoms with van der Waals surface area (Å²) in [7, 11) is 0. The molecule has 0 aromatic heterocycles. The van der Waals surface area contributed by atoms with E-state index in [2.05, 4.69) is 5.32 Å². The number of nitro groups is 1. The summed E-state index contributed by atoms with van der Waals surface area (Å²) in [4.78, 5) is 21.6. The van der Waals surface area contributed by atoms with Crippen LogP contribution in [-0.2, 0) is 11.3 Å². The van der Waals surface area contributed by atoms with Crippen LogP contribution in [0.25, 0.3) is 0 Å². The Morgan fingerprint density at radius 1 is 1.56 bits per heavy atom. The van der Waals surface area contributed by atoms with Crippen molar-refractivity contribution in [2.75, 3.05) is 0 Å². The van der Waals surface area contributed by atoms with E-state index in [9.17, 15) is 14.9 Å². The lowest BCUT2D eigenvalue weighted by Crippen LogP contribution is -2.37. The molecule has 3 N–H and O–H groups in total. The highest BCUT2D eigenvalue weighted by Crippen LogP contribution is 2.20. The molecule has 0 saturated carbocycles. The molecular weight excluding hydrogens is 258 g/mol. The summed E-state index contributed by atoms with van der Waals surface area (Å²) in [5, 5.41) is 13.3. The molecule has 0 radical (unpaired) electrons. The fourth-order valence-corrected chi connectivity index (χ4v) is 1.40. The van der Waals surface area contributed by atoms with E-state index in [1.165, 1.54) is 6.07 Å². The van der Waals surface area contributed by atoms with Crippen LogP contribution in [0.3, 0.4) is 0 Å². The first-order valence-electron chi connectivity index (χ1n) is 5.19. The molecule has 0 saturated heterocycles. The summed E-state index contributed by atoms with van der Waals surface area (Å²) in [5.41, 5.74) is 6.72. The zero-order chi connectivity index (χ0) is 13.0. The van der Waals surface area contributed by atoms with E-state index in [0.717, 1.165) is 0 Å². The van der Waals surface area contributed by atoms with E-state index in [1.807, 2.05) is 0 Å². The third-order valence-electron chi connectivity index (χ3n) is 2.48. The number of nitro benzene ring substituents is 1. The lowest BCUT2D eigenvalue weighted by atomic mass is 10.1. The summed E-state index contributed by atoms with van der Waals surface area (Å²) < 4.78 is 0. The van der Waals surface area contributed by atoms with Gasteiger partial charge in [-0.1, -0.05) is 12.1 Å². The van der Waals surface area contributed by atoms with Crippen LogP contribution in [-0.4, -0.2) is 16.9 Å². The Bertz CT molecular complexity index is 449. The number of amides is 1. The molecule has 1 amide bonds. The van der Waals surface area contributed by atoms with Crippen molar-refractivity contribution in [1.29, 1.82) is 0 Å². The summed E-state index contributed by atoms with van der Waals surface area (Å²) in [6, 6.07) is 4.18. The lowest BCUT2D eigenvalue weighted by molar-refractivity contribution is -0.385. The maximum atomic E-state index is 11.3. The van der Waals surface area contributed by atoms with E-state index in [1.54, 1.807) is 26.0 Å². The van der Waals surface area contributed by atoms with Gasteiger partial charge in [0.1, 0.15) is 0 Å². The van der Waals surface area contributed by atoms with Gasteiger partial charge < -0.3 is 11.1 Å². The Balaban J connectivity index is 0.00000289. The molecule has 18 heavy (non-hydrogen) atoms. The van der Waals surface area contributed by atoms with Crippen molar-refractivity contribution in [3.05, 3.63) is 39.4 Å². The van der Waals surface area contributed by atoms with Crippen molar-refractivity contribution >= 4 is 24.0 Å². The monoisotopic (exact) mass is 273 g/mol. The zero-order valence-electron chi connectivity index (χ0n) is 10.2. The number of carbonyl (C=O) groups is 1. The second-order valence-electron chi connectivity index (χ2n) is 3.82. The van der Waals surface area contributed by atoms with Crippen molar-refractivity contribution < 1.29 is 9.72 Å². The molecule has 0 aliphatic rings. The molecule has 0 spiro atoms. The minimum Gasteiger partial charge on any atom is -0.351 e. The predicted molar refractivity (Wildman–Crippen MR) is 70.6 cm³/mol. The number of nitrogens with two attached hydrogens (primary N) is 1. The predicted octanol–water partition coefficient (Wildman–Crippen LogP) is 1.29. The van der Waals surface area contributed by atoms with Crippen LogP contribution < -0.4 is 11.1 Å². The number of nitrogens with one attached hydrogen (secondary N) is 1. The summed E-state index contributed by atoms with van der Waals surface area (Å²) >= 11 is 0. The summed E-state index contributed by atoms with van der Waals surface area (Å²) in [6.07, 6.45) is 0. The van der Waals surface area contributed by atoms with Gasteiger partial charge in [-0.25, -0.2) is 0 Å². The normalized spacial score (nSPS) is 11.3. The van der Waals surface area contributed by atoms with Crippen molar-refractivity contribution in [1.82, 2.24) is 5.32 Å². The van der Waals surface area contributed by atoms with Crippen LogP contribution in [0.2, 0.25) is 0 Å². The van der Waals surface area contributed by atoms with Gasteiger partial charge in [-0.3, -0.25) is 14.9 Å². The molecule has 0 aliphatic heterocycles. The average Bonchev–Trinajstić information content (AvgIpc) is 2.26.